The lowest BCUT2D eigenvalue weighted by Crippen LogP contribution is -2.44. The molecule has 0 radical (unpaired) electrons. The lowest BCUT2D eigenvalue weighted by molar-refractivity contribution is -0.117. The number of hydrogen-bond donors (Lipinski definition) is 2. The molecule has 2 aromatic rings. The number of rotatable bonds is 8. The summed E-state index contributed by atoms with van der Waals surface area (Å²) in [4.78, 5) is 41.0. The number of imide groups is 1. The van der Waals surface area contributed by atoms with E-state index in [1.807, 2.05) is 13.8 Å². The lowest BCUT2D eigenvalue weighted by atomic mass is 10.2. The van der Waals surface area contributed by atoms with Crippen molar-refractivity contribution in [3.63, 3.8) is 0 Å². The largest absolute Gasteiger partial charge is 0.383 e. The molecule has 1 atom stereocenters. The van der Waals surface area contributed by atoms with Crippen LogP contribution in [0.3, 0.4) is 0 Å². The van der Waals surface area contributed by atoms with Gasteiger partial charge in [-0.3, -0.25) is 19.5 Å². The molecule has 146 valence electrons. The third-order valence-electron chi connectivity index (χ3n) is 3.92. The van der Waals surface area contributed by atoms with Gasteiger partial charge in [-0.2, -0.15) is 0 Å². The van der Waals surface area contributed by atoms with E-state index < -0.39 is 11.9 Å². The Morgan fingerprint density at radius 2 is 2.07 bits per heavy atom. The summed E-state index contributed by atoms with van der Waals surface area (Å²) in [6.07, 6.45) is 0.767. The molecule has 8 nitrogen and oxygen atoms in total. The predicted octanol–water partition coefficient (Wildman–Crippen LogP) is 1.76. The molecule has 0 fully saturated rings. The fourth-order valence-electron chi connectivity index (χ4n) is 2.29. The molecule has 0 bridgehead atoms. The second-order valence-electron chi connectivity index (χ2n) is 5.98. The molecule has 0 unspecified atom stereocenters. The molecule has 2 rings (SSSR count). The SMILES string of the molecule is CC[C@H](C)NC(=O)NC(=O)CSc1nc2ccccc2c(=O)n1CCOC. The fourth-order valence-corrected chi connectivity index (χ4v) is 3.12. The Morgan fingerprint density at radius 1 is 1.33 bits per heavy atom. The number of urea groups is 1. The van der Waals surface area contributed by atoms with E-state index in [9.17, 15) is 14.4 Å². The molecule has 9 heteroatoms. The van der Waals surface area contributed by atoms with E-state index in [-0.39, 0.29) is 17.4 Å². The zero-order valence-corrected chi connectivity index (χ0v) is 16.5. The van der Waals surface area contributed by atoms with Crippen molar-refractivity contribution >= 4 is 34.6 Å². The summed E-state index contributed by atoms with van der Waals surface area (Å²) in [6, 6.07) is 6.50. The summed E-state index contributed by atoms with van der Waals surface area (Å²) in [5.41, 5.74) is 0.378. The highest BCUT2D eigenvalue weighted by atomic mass is 32.2. The van der Waals surface area contributed by atoms with Crippen molar-refractivity contribution in [1.82, 2.24) is 20.2 Å². The fraction of sp³-hybridized carbons (Fsp3) is 0.444. The Kier molecular flexibility index (Phi) is 7.81. The Hall–Kier alpha value is -2.39. The van der Waals surface area contributed by atoms with Crippen LogP contribution in [-0.4, -0.2) is 47.0 Å². The minimum Gasteiger partial charge on any atom is -0.383 e. The number of benzene rings is 1. The van der Waals surface area contributed by atoms with E-state index in [0.717, 1.165) is 18.2 Å². The van der Waals surface area contributed by atoms with Crippen LogP contribution in [-0.2, 0) is 16.1 Å². The van der Waals surface area contributed by atoms with Gasteiger partial charge in [0.15, 0.2) is 5.16 Å². The molecule has 0 saturated heterocycles. The molecule has 0 aliphatic rings. The van der Waals surface area contributed by atoms with Crippen molar-refractivity contribution < 1.29 is 14.3 Å². The van der Waals surface area contributed by atoms with Crippen LogP contribution >= 0.6 is 11.8 Å². The van der Waals surface area contributed by atoms with Gasteiger partial charge in [0.2, 0.25) is 5.91 Å². The van der Waals surface area contributed by atoms with Gasteiger partial charge in [0.25, 0.3) is 5.56 Å². The highest BCUT2D eigenvalue weighted by Gasteiger charge is 2.15. The van der Waals surface area contributed by atoms with Crippen LogP contribution in [0, 0.1) is 0 Å². The van der Waals surface area contributed by atoms with Crippen LogP contribution in [0.15, 0.2) is 34.2 Å². The molecule has 2 N–H and O–H groups in total. The minimum absolute atomic E-state index is 0.0215. The number of para-hydroxylation sites is 1. The molecule has 1 aromatic carbocycles. The van der Waals surface area contributed by atoms with Gasteiger partial charge in [-0.25, -0.2) is 9.78 Å². The number of nitrogens with one attached hydrogen (secondary N) is 2. The highest BCUT2D eigenvalue weighted by molar-refractivity contribution is 7.99. The van der Waals surface area contributed by atoms with Crippen molar-refractivity contribution in [3.8, 4) is 0 Å². The third kappa shape index (κ3) is 5.80. The minimum atomic E-state index is -0.529. The number of aromatic nitrogens is 2. The van der Waals surface area contributed by atoms with Crippen LogP contribution in [0.25, 0.3) is 10.9 Å². The Bertz CT molecular complexity index is 868. The number of carbonyl (C=O) groups excluding carboxylic acids is 2. The molecule has 1 aromatic heterocycles. The summed E-state index contributed by atoms with van der Waals surface area (Å²) >= 11 is 1.11. The standard InChI is InChI=1S/C18H24N4O4S/c1-4-12(2)19-17(25)21-15(23)11-27-18-20-14-8-6-5-7-13(14)16(24)22(18)9-10-26-3/h5-8,12H,4,9-11H2,1-3H3,(H2,19,21,23,25)/t12-/m0/s1. The van der Waals surface area contributed by atoms with Gasteiger partial charge < -0.3 is 10.1 Å². The molecular weight excluding hydrogens is 368 g/mol. The van der Waals surface area contributed by atoms with Gasteiger partial charge in [-0.1, -0.05) is 30.8 Å². The number of amides is 3. The molecular formula is C18H24N4O4S. The van der Waals surface area contributed by atoms with Crippen molar-refractivity contribution in [2.75, 3.05) is 19.5 Å². The molecule has 0 saturated carbocycles. The van der Waals surface area contributed by atoms with E-state index in [0.29, 0.717) is 29.2 Å². The van der Waals surface area contributed by atoms with E-state index in [4.69, 9.17) is 4.74 Å². The Balaban J connectivity index is 2.13. The van der Waals surface area contributed by atoms with Crippen LogP contribution in [0.2, 0.25) is 0 Å². The number of methoxy groups -OCH3 is 1. The van der Waals surface area contributed by atoms with Crippen LogP contribution < -0.4 is 16.2 Å². The predicted molar refractivity (Wildman–Crippen MR) is 105 cm³/mol. The molecule has 27 heavy (non-hydrogen) atoms. The summed E-state index contributed by atoms with van der Waals surface area (Å²) in [5, 5.41) is 5.86. The number of fused-ring (bicyclic) bond motifs is 1. The number of thioether (sulfide) groups is 1. The summed E-state index contributed by atoms with van der Waals surface area (Å²) < 4.78 is 6.55. The molecule has 0 aliphatic carbocycles. The Labute approximate surface area is 161 Å². The first-order chi connectivity index (χ1) is 13.0. The van der Waals surface area contributed by atoms with Gasteiger partial charge in [0.1, 0.15) is 0 Å². The number of ether oxygens (including phenoxy) is 1. The van der Waals surface area contributed by atoms with Crippen LogP contribution in [0.4, 0.5) is 4.79 Å². The Morgan fingerprint density at radius 3 is 2.78 bits per heavy atom. The van der Waals surface area contributed by atoms with Gasteiger partial charge in [0.05, 0.1) is 29.8 Å². The first-order valence-corrected chi connectivity index (χ1v) is 9.66. The number of carbonyl (C=O) groups is 2. The summed E-state index contributed by atoms with van der Waals surface area (Å²) in [5.74, 6) is -0.493. The van der Waals surface area contributed by atoms with Crippen molar-refractivity contribution in [2.45, 2.75) is 38.0 Å². The average molecular weight is 392 g/mol. The van der Waals surface area contributed by atoms with Gasteiger partial charge in [-0.15, -0.1) is 0 Å². The lowest BCUT2D eigenvalue weighted by Gasteiger charge is -2.13. The molecule has 1 heterocycles. The highest BCUT2D eigenvalue weighted by Crippen LogP contribution is 2.17. The van der Waals surface area contributed by atoms with Crippen LogP contribution in [0.5, 0.6) is 0 Å². The average Bonchev–Trinajstić information content (AvgIpc) is 2.65. The maximum absolute atomic E-state index is 12.7. The molecule has 3 amide bonds. The van der Waals surface area contributed by atoms with E-state index in [1.165, 1.54) is 4.57 Å². The second-order valence-corrected chi connectivity index (χ2v) is 6.92. The quantitative estimate of drug-likeness (QED) is 0.524. The first-order valence-electron chi connectivity index (χ1n) is 8.68. The van der Waals surface area contributed by atoms with Gasteiger partial charge >= 0.3 is 6.03 Å². The third-order valence-corrected chi connectivity index (χ3v) is 4.90. The first kappa shape index (κ1) is 20.9. The van der Waals surface area contributed by atoms with E-state index in [2.05, 4.69) is 15.6 Å². The second kappa shape index (κ2) is 10.1. The molecule has 0 spiro atoms. The number of nitrogens with zero attached hydrogens (tertiary/aromatic N) is 2. The van der Waals surface area contributed by atoms with Crippen molar-refractivity contribution in [3.05, 3.63) is 34.6 Å². The maximum Gasteiger partial charge on any atom is 0.321 e. The van der Waals surface area contributed by atoms with E-state index >= 15 is 0 Å². The monoisotopic (exact) mass is 392 g/mol. The molecule has 0 aliphatic heterocycles. The zero-order chi connectivity index (χ0) is 19.8. The van der Waals surface area contributed by atoms with Gasteiger partial charge in [0, 0.05) is 13.2 Å². The summed E-state index contributed by atoms with van der Waals surface area (Å²) in [6.45, 7) is 4.46. The smallest absolute Gasteiger partial charge is 0.321 e. The van der Waals surface area contributed by atoms with Crippen molar-refractivity contribution in [2.24, 2.45) is 0 Å². The topological polar surface area (TPSA) is 102 Å². The van der Waals surface area contributed by atoms with Crippen molar-refractivity contribution in [1.29, 1.82) is 0 Å². The van der Waals surface area contributed by atoms with E-state index in [1.54, 1.807) is 31.4 Å². The zero-order valence-electron chi connectivity index (χ0n) is 15.7. The normalized spacial score (nSPS) is 12.0. The maximum atomic E-state index is 12.7. The summed E-state index contributed by atoms with van der Waals surface area (Å²) in [7, 11) is 1.55. The number of hydrogen-bond acceptors (Lipinski definition) is 6. The van der Waals surface area contributed by atoms with Gasteiger partial charge in [-0.05, 0) is 25.5 Å². The van der Waals surface area contributed by atoms with Crippen LogP contribution in [0.1, 0.15) is 20.3 Å².